The monoisotopic (exact) mass is 323 g/mol. The number of furan rings is 2. The van der Waals surface area contributed by atoms with Crippen LogP contribution in [-0.4, -0.2) is 42.4 Å². The molecule has 3 rings (SSSR count). The number of rotatable bonds is 4. The average molecular weight is 324 g/mol. The number of amides is 1. The van der Waals surface area contributed by atoms with Crippen molar-refractivity contribution < 1.29 is 23.2 Å². The molecule has 0 aromatic carbocycles. The minimum atomic E-state index is -0.359. The molecule has 1 aliphatic rings. The van der Waals surface area contributed by atoms with E-state index in [0.717, 1.165) is 0 Å². The molecule has 1 unspecified atom stereocenters. The van der Waals surface area contributed by atoms with Crippen molar-refractivity contribution in [2.75, 3.05) is 19.8 Å². The van der Waals surface area contributed by atoms with E-state index in [1.165, 1.54) is 18.4 Å². The van der Waals surface area contributed by atoms with Crippen LogP contribution in [0.15, 0.2) is 39.4 Å². The van der Waals surface area contributed by atoms with Crippen LogP contribution in [0.3, 0.4) is 0 Å². The van der Waals surface area contributed by atoms with Crippen molar-refractivity contribution in [2.45, 2.75) is 12.5 Å². The first-order valence-corrected chi connectivity index (χ1v) is 7.23. The van der Waals surface area contributed by atoms with Crippen molar-refractivity contribution in [1.29, 1.82) is 0 Å². The molecule has 2 aromatic heterocycles. The maximum atomic E-state index is 12.5. The fraction of sp³-hybridized carbons (Fsp3) is 0.333. The second-order valence-corrected chi connectivity index (χ2v) is 5.31. The summed E-state index contributed by atoms with van der Waals surface area (Å²) in [4.78, 5) is 26.2. The average Bonchev–Trinajstić information content (AvgIpc) is 3.18. The smallest absolute Gasteiger partial charge is 0.290 e. The van der Waals surface area contributed by atoms with Crippen LogP contribution in [-0.2, 0) is 4.74 Å². The minimum absolute atomic E-state index is 0.133. The molecular formula is C15H14ClNO5. The highest BCUT2D eigenvalue weighted by atomic mass is 35.5. The first kappa shape index (κ1) is 14.9. The number of morpholine rings is 1. The molecule has 22 heavy (non-hydrogen) atoms. The zero-order chi connectivity index (χ0) is 15.5. The first-order valence-electron chi connectivity index (χ1n) is 6.86. The number of carbonyl (C=O) groups excluding carboxylic acids is 2. The van der Waals surface area contributed by atoms with Crippen molar-refractivity contribution in [3.05, 3.63) is 47.3 Å². The van der Waals surface area contributed by atoms with Gasteiger partial charge in [-0.25, -0.2) is 0 Å². The van der Waals surface area contributed by atoms with E-state index in [9.17, 15) is 9.59 Å². The molecule has 7 heteroatoms. The van der Waals surface area contributed by atoms with E-state index in [1.54, 1.807) is 17.0 Å². The van der Waals surface area contributed by atoms with E-state index in [4.69, 9.17) is 25.2 Å². The van der Waals surface area contributed by atoms with Crippen molar-refractivity contribution in [3.63, 3.8) is 0 Å². The van der Waals surface area contributed by atoms with Gasteiger partial charge in [-0.2, -0.15) is 0 Å². The Kier molecular flexibility index (Phi) is 4.31. The standard InChI is InChI=1S/C15H14ClNO5/c16-14-4-3-13(22-14)15(19)17-5-7-20-9-10(17)8-11(18)12-2-1-6-21-12/h1-4,6,10H,5,7-9H2. The molecule has 0 spiro atoms. The Morgan fingerprint density at radius 2 is 2.14 bits per heavy atom. The maximum Gasteiger partial charge on any atom is 0.290 e. The summed E-state index contributed by atoms with van der Waals surface area (Å²) in [6, 6.07) is 5.93. The number of nitrogens with zero attached hydrogens (tertiary/aromatic N) is 1. The molecule has 0 bridgehead atoms. The Morgan fingerprint density at radius 3 is 2.82 bits per heavy atom. The molecule has 2 aromatic rings. The molecule has 0 N–H and O–H groups in total. The highest BCUT2D eigenvalue weighted by molar-refractivity contribution is 6.29. The quantitative estimate of drug-likeness (QED) is 0.809. The van der Waals surface area contributed by atoms with E-state index >= 15 is 0 Å². The molecular weight excluding hydrogens is 310 g/mol. The Labute approximate surface area is 131 Å². The van der Waals surface area contributed by atoms with Gasteiger partial charge in [-0.3, -0.25) is 9.59 Å². The Bertz CT molecular complexity index is 663. The van der Waals surface area contributed by atoms with Gasteiger partial charge >= 0.3 is 0 Å². The van der Waals surface area contributed by atoms with Gasteiger partial charge in [0.1, 0.15) is 0 Å². The zero-order valence-electron chi connectivity index (χ0n) is 11.7. The van der Waals surface area contributed by atoms with Gasteiger partial charge in [-0.05, 0) is 35.9 Å². The van der Waals surface area contributed by atoms with Crippen LogP contribution in [0.2, 0.25) is 5.22 Å². The number of hydrogen-bond acceptors (Lipinski definition) is 5. The van der Waals surface area contributed by atoms with Crippen LogP contribution in [0.25, 0.3) is 0 Å². The molecule has 6 nitrogen and oxygen atoms in total. The van der Waals surface area contributed by atoms with Crippen molar-refractivity contribution in [2.24, 2.45) is 0 Å². The van der Waals surface area contributed by atoms with Crippen molar-refractivity contribution >= 4 is 23.3 Å². The largest absolute Gasteiger partial charge is 0.461 e. The zero-order valence-corrected chi connectivity index (χ0v) is 12.4. The third-order valence-electron chi connectivity index (χ3n) is 3.49. The summed E-state index contributed by atoms with van der Waals surface area (Å²) in [5.41, 5.74) is 0. The third-order valence-corrected chi connectivity index (χ3v) is 3.69. The predicted octanol–water partition coefficient (Wildman–Crippen LogP) is 2.64. The fourth-order valence-corrected chi connectivity index (χ4v) is 2.56. The summed E-state index contributed by atoms with van der Waals surface area (Å²) in [6.07, 6.45) is 1.58. The molecule has 0 saturated carbocycles. The molecule has 0 aliphatic carbocycles. The van der Waals surface area contributed by atoms with E-state index in [0.29, 0.717) is 19.8 Å². The van der Waals surface area contributed by atoms with Crippen LogP contribution in [0, 0.1) is 0 Å². The number of halogens is 1. The summed E-state index contributed by atoms with van der Waals surface area (Å²) in [7, 11) is 0. The molecule has 3 heterocycles. The molecule has 1 saturated heterocycles. The van der Waals surface area contributed by atoms with Crippen LogP contribution in [0.5, 0.6) is 0 Å². The summed E-state index contributed by atoms with van der Waals surface area (Å²) in [6.45, 7) is 1.12. The second kappa shape index (κ2) is 6.37. The summed E-state index contributed by atoms with van der Waals surface area (Å²) < 4.78 is 15.6. The molecule has 1 aliphatic heterocycles. The van der Waals surface area contributed by atoms with Gasteiger partial charge in [0.2, 0.25) is 0 Å². The maximum absolute atomic E-state index is 12.5. The van der Waals surface area contributed by atoms with Gasteiger partial charge in [0, 0.05) is 13.0 Å². The van der Waals surface area contributed by atoms with Crippen LogP contribution >= 0.6 is 11.6 Å². The predicted molar refractivity (Wildman–Crippen MR) is 77.0 cm³/mol. The van der Waals surface area contributed by atoms with Gasteiger partial charge in [-0.15, -0.1) is 0 Å². The fourth-order valence-electron chi connectivity index (χ4n) is 2.41. The SMILES string of the molecule is O=C(CC1COCCN1C(=O)c1ccc(Cl)o1)c1ccco1. The van der Waals surface area contributed by atoms with E-state index in [-0.39, 0.29) is 40.9 Å². The topological polar surface area (TPSA) is 72.9 Å². The number of hydrogen-bond donors (Lipinski definition) is 0. The van der Waals surface area contributed by atoms with Gasteiger partial charge < -0.3 is 18.5 Å². The normalized spacial score (nSPS) is 18.4. The highest BCUT2D eigenvalue weighted by Crippen LogP contribution is 2.20. The van der Waals surface area contributed by atoms with Gasteiger partial charge in [0.05, 0.1) is 25.5 Å². The molecule has 1 fully saturated rings. The lowest BCUT2D eigenvalue weighted by molar-refractivity contribution is -0.00452. The third kappa shape index (κ3) is 3.08. The van der Waals surface area contributed by atoms with Crippen LogP contribution < -0.4 is 0 Å². The van der Waals surface area contributed by atoms with Crippen molar-refractivity contribution in [1.82, 2.24) is 4.90 Å². The Morgan fingerprint density at radius 1 is 1.27 bits per heavy atom. The first-order chi connectivity index (χ1) is 10.6. The number of Topliss-reactive ketones (excluding diaryl/α,β-unsaturated/α-hetero) is 1. The van der Waals surface area contributed by atoms with E-state index in [1.807, 2.05) is 0 Å². The Balaban J connectivity index is 1.73. The minimum Gasteiger partial charge on any atom is -0.461 e. The van der Waals surface area contributed by atoms with Crippen molar-refractivity contribution in [3.8, 4) is 0 Å². The van der Waals surface area contributed by atoms with E-state index < -0.39 is 0 Å². The second-order valence-electron chi connectivity index (χ2n) is 4.94. The number of carbonyl (C=O) groups is 2. The van der Waals surface area contributed by atoms with Gasteiger partial charge in [-0.1, -0.05) is 0 Å². The van der Waals surface area contributed by atoms with Crippen LogP contribution in [0.4, 0.5) is 0 Å². The van der Waals surface area contributed by atoms with Gasteiger partial charge in [0.25, 0.3) is 5.91 Å². The Hall–Kier alpha value is -2.05. The summed E-state index contributed by atoms with van der Waals surface area (Å²) in [5, 5.41) is 0.153. The van der Waals surface area contributed by atoms with Gasteiger partial charge in [0.15, 0.2) is 22.5 Å². The molecule has 1 amide bonds. The number of ether oxygens (including phenoxy) is 1. The lowest BCUT2D eigenvalue weighted by atomic mass is 10.1. The summed E-state index contributed by atoms with van der Waals surface area (Å²) >= 11 is 5.70. The molecule has 1 atom stereocenters. The molecule has 116 valence electrons. The lowest BCUT2D eigenvalue weighted by Crippen LogP contribution is -2.49. The van der Waals surface area contributed by atoms with E-state index in [2.05, 4.69) is 0 Å². The lowest BCUT2D eigenvalue weighted by Gasteiger charge is -2.34. The molecule has 0 radical (unpaired) electrons. The summed E-state index contributed by atoms with van der Waals surface area (Å²) in [5.74, 6) is -0.0374. The number of ketones is 1. The van der Waals surface area contributed by atoms with Crippen LogP contribution in [0.1, 0.15) is 27.5 Å². The highest BCUT2D eigenvalue weighted by Gasteiger charge is 2.32.